The van der Waals surface area contributed by atoms with Gasteiger partial charge in [-0.05, 0) is 24.6 Å². The van der Waals surface area contributed by atoms with Crippen LogP contribution in [-0.2, 0) is 6.42 Å². The summed E-state index contributed by atoms with van der Waals surface area (Å²) in [6, 6.07) is 10.7. The van der Waals surface area contributed by atoms with E-state index in [0.717, 1.165) is 5.69 Å². The molecule has 1 fully saturated rings. The van der Waals surface area contributed by atoms with Gasteiger partial charge in [0.2, 0.25) is 0 Å². The minimum absolute atomic E-state index is 0.123. The van der Waals surface area contributed by atoms with Crippen molar-refractivity contribution < 1.29 is 9.18 Å². The van der Waals surface area contributed by atoms with Gasteiger partial charge in [0.25, 0.3) is 5.91 Å². The summed E-state index contributed by atoms with van der Waals surface area (Å²) in [5.74, 6) is -0.0301. The number of rotatable bonds is 7. The van der Waals surface area contributed by atoms with Gasteiger partial charge >= 0.3 is 0 Å². The molecule has 0 spiro atoms. The first kappa shape index (κ1) is 22.9. The zero-order valence-corrected chi connectivity index (χ0v) is 18.7. The van der Waals surface area contributed by atoms with Gasteiger partial charge in [-0.1, -0.05) is 6.07 Å². The first-order chi connectivity index (χ1) is 16.5. The summed E-state index contributed by atoms with van der Waals surface area (Å²) in [6.45, 7) is 0.676. The van der Waals surface area contributed by atoms with Crippen LogP contribution in [0.3, 0.4) is 0 Å². The molecule has 9 nitrogen and oxygen atoms in total. The molecule has 174 valence electrons. The fourth-order valence-electron chi connectivity index (χ4n) is 3.99. The molecule has 1 aliphatic rings. The Balaban J connectivity index is 1.49. The molecule has 1 amide bonds. The Morgan fingerprint density at radius 1 is 1.24 bits per heavy atom. The first-order valence-electron chi connectivity index (χ1n) is 10.9. The summed E-state index contributed by atoms with van der Waals surface area (Å²) in [7, 11) is 1.72. The Bertz CT molecular complexity index is 1210. The predicted octanol–water partition coefficient (Wildman–Crippen LogP) is 2.50. The fourth-order valence-corrected chi connectivity index (χ4v) is 3.99. The van der Waals surface area contributed by atoms with E-state index in [-0.39, 0.29) is 12.1 Å². The van der Waals surface area contributed by atoms with E-state index in [1.54, 1.807) is 25.4 Å². The Morgan fingerprint density at radius 2 is 2.09 bits per heavy atom. The van der Waals surface area contributed by atoms with Crippen molar-refractivity contribution in [2.45, 2.75) is 25.1 Å². The van der Waals surface area contributed by atoms with E-state index < -0.39 is 18.1 Å². The van der Waals surface area contributed by atoms with Crippen LogP contribution in [0, 0.1) is 11.3 Å². The second-order valence-corrected chi connectivity index (χ2v) is 8.03. The molecule has 4 heterocycles. The number of hydrogen-bond donors (Lipinski definition) is 3. The number of nitrogens with two attached hydrogens (primary N) is 1. The highest BCUT2D eigenvalue weighted by atomic mass is 19.1. The average Bonchev–Trinajstić information content (AvgIpc) is 2.85. The number of pyridine rings is 3. The molecule has 1 aliphatic heterocycles. The van der Waals surface area contributed by atoms with Gasteiger partial charge in [-0.25, -0.2) is 9.37 Å². The molecule has 1 saturated heterocycles. The third-order valence-electron chi connectivity index (χ3n) is 5.80. The van der Waals surface area contributed by atoms with Crippen molar-refractivity contribution in [1.82, 2.24) is 15.0 Å². The van der Waals surface area contributed by atoms with E-state index >= 15 is 4.39 Å². The smallest absolute Gasteiger partial charge is 0.252 e. The summed E-state index contributed by atoms with van der Waals surface area (Å²) in [5.41, 5.74) is 8.81. The number of nitrogens with one attached hydrogen (secondary N) is 2. The Labute approximate surface area is 196 Å². The second-order valence-electron chi connectivity index (χ2n) is 8.03. The number of anilines is 3. The van der Waals surface area contributed by atoms with Crippen LogP contribution in [0.5, 0.6) is 0 Å². The summed E-state index contributed by atoms with van der Waals surface area (Å²) < 4.78 is 15.2. The summed E-state index contributed by atoms with van der Waals surface area (Å²) in [4.78, 5) is 26.7. The highest BCUT2D eigenvalue weighted by Crippen LogP contribution is 2.27. The van der Waals surface area contributed by atoms with Crippen LogP contribution in [0.4, 0.5) is 21.6 Å². The number of nitrogens with zero attached hydrogens (tertiary/aromatic N) is 5. The summed E-state index contributed by atoms with van der Waals surface area (Å²) in [6.07, 6.45) is 4.34. The fraction of sp³-hybridized carbons (Fsp3) is 0.292. The number of carbonyl (C=O) groups is 1. The van der Waals surface area contributed by atoms with Crippen molar-refractivity contribution in [3.05, 3.63) is 71.4 Å². The third-order valence-corrected chi connectivity index (χ3v) is 5.80. The van der Waals surface area contributed by atoms with Gasteiger partial charge in [-0.2, -0.15) is 5.26 Å². The van der Waals surface area contributed by atoms with Gasteiger partial charge < -0.3 is 21.3 Å². The van der Waals surface area contributed by atoms with Gasteiger partial charge in [-0.3, -0.25) is 14.8 Å². The highest BCUT2D eigenvalue weighted by molar-refractivity contribution is 5.98. The Hall–Kier alpha value is -4.26. The van der Waals surface area contributed by atoms with Gasteiger partial charge in [0, 0.05) is 56.1 Å². The largest absolute Gasteiger partial charge is 0.387 e. The van der Waals surface area contributed by atoms with Crippen LogP contribution in [0.25, 0.3) is 0 Å². The lowest BCUT2D eigenvalue weighted by Crippen LogP contribution is -2.48. The molecule has 34 heavy (non-hydrogen) atoms. The minimum Gasteiger partial charge on any atom is -0.387 e. The van der Waals surface area contributed by atoms with Crippen molar-refractivity contribution in [2.75, 3.05) is 35.7 Å². The van der Waals surface area contributed by atoms with Gasteiger partial charge in [0.05, 0.1) is 35.1 Å². The summed E-state index contributed by atoms with van der Waals surface area (Å²) >= 11 is 0. The molecule has 3 aromatic heterocycles. The van der Waals surface area contributed by atoms with Gasteiger partial charge in [0.1, 0.15) is 18.1 Å². The molecule has 0 aromatic carbocycles. The quantitative estimate of drug-likeness (QED) is 0.490. The molecule has 0 saturated carbocycles. The van der Waals surface area contributed by atoms with E-state index in [4.69, 9.17) is 5.73 Å². The number of aromatic nitrogens is 3. The molecule has 3 aromatic rings. The van der Waals surface area contributed by atoms with Crippen LogP contribution in [-0.4, -0.2) is 53.2 Å². The zero-order valence-electron chi connectivity index (χ0n) is 18.7. The topological polar surface area (TPSA) is 133 Å². The van der Waals surface area contributed by atoms with E-state index in [0.29, 0.717) is 47.8 Å². The highest BCUT2D eigenvalue weighted by Gasteiger charge is 2.31. The van der Waals surface area contributed by atoms with Crippen LogP contribution in [0.15, 0.2) is 48.9 Å². The molecule has 2 atom stereocenters. The molecular weight excluding hydrogens is 435 g/mol. The maximum atomic E-state index is 15.2. The molecule has 0 radical (unpaired) electrons. The molecule has 0 unspecified atom stereocenters. The lowest BCUT2D eigenvalue weighted by Gasteiger charge is -2.36. The van der Waals surface area contributed by atoms with E-state index in [9.17, 15) is 10.1 Å². The number of nitriles is 1. The summed E-state index contributed by atoms with van der Waals surface area (Å²) in [5, 5.41) is 15.3. The van der Waals surface area contributed by atoms with Crippen molar-refractivity contribution in [3.63, 3.8) is 0 Å². The number of hydrogen-bond acceptors (Lipinski definition) is 8. The Kier molecular flexibility index (Phi) is 6.82. The van der Waals surface area contributed by atoms with E-state index in [1.807, 2.05) is 23.1 Å². The number of amides is 1. The normalized spacial score (nSPS) is 17.6. The zero-order chi connectivity index (χ0) is 24.1. The van der Waals surface area contributed by atoms with Crippen LogP contribution in [0.1, 0.15) is 33.7 Å². The van der Waals surface area contributed by atoms with Crippen molar-refractivity contribution in [3.8, 4) is 6.07 Å². The second kappa shape index (κ2) is 10.1. The first-order valence-corrected chi connectivity index (χ1v) is 10.9. The van der Waals surface area contributed by atoms with Crippen molar-refractivity contribution >= 4 is 23.1 Å². The molecule has 10 heteroatoms. The van der Waals surface area contributed by atoms with Crippen LogP contribution in [0.2, 0.25) is 0 Å². The van der Waals surface area contributed by atoms with Gasteiger partial charge in [0.15, 0.2) is 0 Å². The maximum absolute atomic E-state index is 15.2. The molecule has 4 rings (SSSR count). The number of alkyl halides is 1. The number of piperidine rings is 1. The molecule has 0 bridgehead atoms. The van der Waals surface area contributed by atoms with E-state index in [1.165, 1.54) is 12.4 Å². The van der Waals surface area contributed by atoms with Crippen molar-refractivity contribution in [2.24, 2.45) is 5.73 Å². The number of carbonyl (C=O) groups excluding carboxylic acids is 1. The molecule has 0 aliphatic carbocycles. The number of halogens is 1. The number of primary amides is 1. The van der Waals surface area contributed by atoms with E-state index in [2.05, 4.69) is 31.7 Å². The average molecular weight is 461 g/mol. The third kappa shape index (κ3) is 5.04. The minimum atomic E-state index is -1.22. The lowest BCUT2D eigenvalue weighted by molar-refractivity contribution is 0.100. The van der Waals surface area contributed by atoms with Crippen LogP contribution < -0.4 is 21.3 Å². The standard InChI is InChI=1S/C24H25FN8O/c1-28-21-10-23(31-12-15(21)11-26)33-7-5-20(19(25)14-33)32-22-9-17(30-13-18(22)24(27)34)8-16-4-2-3-6-29-16/h2-4,6,9-10,12-13,19-20H,5,7-8,14H2,1H3,(H2,27,34)(H,28,31)(H,30,32)/t19-,20+/m0/s1. The van der Waals surface area contributed by atoms with Gasteiger partial charge in [-0.15, -0.1) is 0 Å². The van der Waals surface area contributed by atoms with Crippen molar-refractivity contribution in [1.29, 1.82) is 5.26 Å². The SMILES string of the molecule is CNc1cc(N2CC[C@@H](Nc3cc(Cc4ccccn4)ncc3C(N)=O)[C@@H](F)C2)ncc1C#N. The van der Waals surface area contributed by atoms with Crippen LogP contribution >= 0.6 is 0 Å². The monoisotopic (exact) mass is 460 g/mol. The lowest BCUT2D eigenvalue weighted by atomic mass is 10.0. The maximum Gasteiger partial charge on any atom is 0.252 e. The Morgan fingerprint density at radius 3 is 2.76 bits per heavy atom. The molecule has 4 N–H and O–H groups in total. The molecular formula is C24H25FN8O. The predicted molar refractivity (Wildman–Crippen MR) is 127 cm³/mol.